The van der Waals surface area contributed by atoms with Gasteiger partial charge in [-0.15, -0.1) is 5.10 Å². The van der Waals surface area contributed by atoms with Crippen LogP contribution in [0.4, 0.5) is 0 Å². The van der Waals surface area contributed by atoms with Gasteiger partial charge in [0.2, 0.25) is 0 Å². The number of amides is 2. The summed E-state index contributed by atoms with van der Waals surface area (Å²) in [5.41, 5.74) is 7.60. The van der Waals surface area contributed by atoms with E-state index in [-0.39, 0.29) is 0 Å². The summed E-state index contributed by atoms with van der Waals surface area (Å²) in [7, 11) is 0. The lowest BCUT2D eigenvalue weighted by Gasteiger charge is -2.11. The largest absolute Gasteiger partial charge is 0.323 e. The van der Waals surface area contributed by atoms with Crippen LogP contribution in [0.3, 0.4) is 0 Å². The Morgan fingerprint density at radius 1 is 0.903 bits per heavy atom. The number of carbonyl (C=O) groups excluding carboxylic acids is 2. The monoisotopic (exact) mass is 412 g/mol. The molecule has 2 amide bonds. The van der Waals surface area contributed by atoms with Crippen LogP contribution in [-0.4, -0.2) is 31.4 Å². The minimum Gasteiger partial charge on any atom is -0.323 e. The van der Waals surface area contributed by atoms with Gasteiger partial charge in [-0.2, -0.15) is 0 Å². The molecular formula is C23H20N6O2. The molecule has 0 spiro atoms. The lowest BCUT2D eigenvalue weighted by atomic mass is 10.1. The summed E-state index contributed by atoms with van der Waals surface area (Å²) in [6, 6.07) is 20.8. The number of benzene rings is 2. The second-order valence-electron chi connectivity index (χ2n) is 6.71. The maximum Gasteiger partial charge on any atom is 0.271 e. The van der Waals surface area contributed by atoms with Gasteiger partial charge in [0, 0.05) is 18.5 Å². The average molecular weight is 412 g/mol. The van der Waals surface area contributed by atoms with Crippen LogP contribution in [0.25, 0.3) is 11.8 Å². The molecule has 0 radical (unpaired) electrons. The van der Waals surface area contributed by atoms with Crippen molar-refractivity contribution in [2.45, 2.75) is 6.54 Å². The van der Waals surface area contributed by atoms with Crippen molar-refractivity contribution in [3.63, 3.8) is 0 Å². The molecule has 2 aromatic heterocycles. The van der Waals surface area contributed by atoms with Gasteiger partial charge in [0.25, 0.3) is 11.8 Å². The van der Waals surface area contributed by atoms with Crippen molar-refractivity contribution in [3.8, 4) is 5.69 Å². The Morgan fingerprint density at radius 3 is 2.45 bits per heavy atom. The smallest absolute Gasteiger partial charge is 0.271 e. The van der Waals surface area contributed by atoms with Crippen LogP contribution in [0.5, 0.6) is 0 Å². The second kappa shape index (κ2) is 9.36. The molecule has 4 aromatic rings. The molecule has 0 fully saturated rings. The molecule has 8 heteroatoms. The molecule has 0 aliphatic rings. The highest BCUT2D eigenvalue weighted by Gasteiger charge is 2.12. The van der Waals surface area contributed by atoms with E-state index < -0.39 is 11.8 Å². The van der Waals surface area contributed by atoms with Gasteiger partial charge in [-0.3, -0.25) is 20.4 Å². The summed E-state index contributed by atoms with van der Waals surface area (Å²) in [5.74, 6) is -0.899. The van der Waals surface area contributed by atoms with Gasteiger partial charge in [0.05, 0.1) is 24.0 Å². The number of rotatable bonds is 6. The van der Waals surface area contributed by atoms with Crippen molar-refractivity contribution in [2.24, 2.45) is 0 Å². The van der Waals surface area contributed by atoms with Gasteiger partial charge in [-0.05, 0) is 35.9 Å². The highest BCUT2D eigenvalue weighted by molar-refractivity contribution is 6.00. The third kappa shape index (κ3) is 5.13. The summed E-state index contributed by atoms with van der Waals surface area (Å²) in [5, 5.41) is 8.07. The van der Waals surface area contributed by atoms with Crippen molar-refractivity contribution in [3.05, 3.63) is 108 Å². The molecule has 0 saturated carbocycles. The van der Waals surface area contributed by atoms with Crippen LogP contribution < -0.4 is 10.9 Å². The summed E-state index contributed by atoms with van der Waals surface area (Å²) < 4.78 is 3.52. The minimum atomic E-state index is -0.482. The van der Waals surface area contributed by atoms with E-state index in [0.29, 0.717) is 23.5 Å². The Bertz CT molecular complexity index is 1200. The van der Waals surface area contributed by atoms with E-state index in [1.54, 1.807) is 23.0 Å². The number of nitrogens with one attached hydrogen (secondary N) is 2. The molecule has 4 rings (SSSR count). The predicted molar refractivity (Wildman–Crippen MR) is 116 cm³/mol. The molecule has 154 valence electrons. The maximum atomic E-state index is 12.5. The molecule has 0 aliphatic carbocycles. The molecule has 0 aliphatic heterocycles. The molecule has 0 unspecified atom stereocenters. The second-order valence-corrected chi connectivity index (χ2v) is 6.71. The Hall–Kier alpha value is -4.46. The standard InChI is InChI=1S/C23H20N6O2/c30-22(13-12-19-17-29(27-24-19)16-18-8-2-1-3-9-18)25-26-23(31)20-10-4-5-11-21(20)28-14-6-7-15-28/h1-15,17H,16H2,(H,25,30)(H,26,31)/b13-12+. The van der Waals surface area contributed by atoms with Crippen LogP contribution in [-0.2, 0) is 11.3 Å². The summed E-state index contributed by atoms with van der Waals surface area (Å²) >= 11 is 0. The molecule has 31 heavy (non-hydrogen) atoms. The third-order valence-corrected chi connectivity index (χ3v) is 4.48. The molecule has 8 nitrogen and oxygen atoms in total. The Balaban J connectivity index is 1.33. The number of hydrazine groups is 1. The lowest BCUT2D eigenvalue weighted by molar-refractivity contribution is -0.117. The quantitative estimate of drug-likeness (QED) is 0.376. The van der Waals surface area contributed by atoms with Crippen molar-refractivity contribution in [2.75, 3.05) is 0 Å². The third-order valence-electron chi connectivity index (χ3n) is 4.48. The van der Waals surface area contributed by atoms with Crippen molar-refractivity contribution in [1.82, 2.24) is 30.4 Å². The lowest BCUT2D eigenvalue weighted by Crippen LogP contribution is -2.41. The minimum absolute atomic E-state index is 0.417. The molecule has 2 aromatic carbocycles. The molecule has 0 atom stereocenters. The first kappa shape index (κ1) is 19.8. The maximum absolute atomic E-state index is 12.5. The van der Waals surface area contributed by atoms with Gasteiger partial charge < -0.3 is 4.57 Å². The number of aromatic nitrogens is 4. The Labute approximate surface area is 178 Å². The first-order valence-electron chi connectivity index (χ1n) is 9.64. The van der Waals surface area contributed by atoms with Gasteiger partial charge in [-0.25, -0.2) is 4.68 Å². The van der Waals surface area contributed by atoms with E-state index in [1.807, 2.05) is 71.6 Å². The zero-order valence-electron chi connectivity index (χ0n) is 16.6. The number of hydrogen-bond acceptors (Lipinski definition) is 4. The molecule has 2 N–H and O–H groups in total. The van der Waals surface area contributed by atoms with Crippen molar-refractivity contribution < 1.29 is 9.59 Å². The van der Waals surface area contributed by atoms with Crippen LogP contribution in [0.15, 0.2) is 91.4 Å². The Morgan fingerprint density at radius 2 is 1.65 bits per heavy atom. The van der Waals surface area contributed by atoms with E-state index in [0.717, 1.165) is 5.56 Å². The van der Waals surface area contributed by atoms with Gasteiger partial charge >= 0.3 is 0 Å². The van der Waals surface area contributed by atoms with Crippen LogP contribution in [0.1, 0.15) is 21.6 Å². The van der Waals surface area contributed by atoms with Gasteiger partial charge in [0.1, 0.15) is 5.69 Å². The first-order chi connectivity index (χ1) is 15.2. The average Bonchev–Trinajstić information content (AvgIpc) is 3.49. The molecule has 2 heterocycles. The van der Waals surface area contributed by atoms with Crippen molar-refractivity contribution >= 4 is 17.9 Å². The van der Waals surface area contributed by atoms with Gasteiger partial charge in [0.15, 0.2) is 0 Å². The summed E-state index contributed by atoms with van der Waals surface area (Å²) in [6.07, 6.45) is 8.25. The van der Waals surface area contributed by atoms with E-state index in [4.69, 9.17) is 0 Å². The zero-order valence-corrected chi connectivity index (χ0v) is 16.6. The summed E-state index contributed by atoms with van der Waals surface area (Å²) in [6.45, 7) is 0.588. The first-order valence-corrected chi connectivity index (χ1v) is 9.64. The fraction of sp³-hybridized carbons (Fsp3) is 0.0435. The molecular weight excluding hydrogens is 392 g/mol. The highest BCUT2D eigenvalue weighted by atomic mass is 16.2. The van der Waals surface area contributed by atoms with Crippen LogP contribution in [0, 0.1) is 0 Å². The van der Waals surface area contributed by atoms with Crippen LogP contribution >= 0.6 is 0 Å². The molecule has 0 saturated heterocycles. The van der Waals surface area contributed by atoms with E-state index >= 15 is 0 Å². The number of hydrogen-bond donors (Lipinski definition) is 2. The zero-order chi connectivity index (χ0) is 21.5. The summed E-state index contributed by atoms with van der Waals surface area (Å²) in [4.78, 5) is 24.6. The number of para-hydroxylation sites is 1. The van der Waals surface area contributed by atoms with E-state index in [9.17, 15) is 9.59 Å². The Kier molecular flexibility index (Phi) is 5.99. The van der Waals surface area contributed by atoms with E-state index in [1.165, 1.54) is 12.2 Å². The van der Waals surface area contributed by atoms with E-state index in [2.05, 4.69) is 21.2 Å². The fourth-order valence-electron chi connectivity index (χ4n) is 3.01. The topological polar surface area (TPSA) is 93.8 Å². The van der Waals surface area contributed by atoms with Crippen LogP contribution in [0.2, 0.25) is 0 Å². The number of nitrogens with zero attached hydrogens (tertiary/aromatic N) is 4. The highest BCUT2D eigenvalue weighted by Crippen LogP contribution is 2.14. The van der Waals surface area contributed by atoms with Crippen molar-refractivity contribution in [1.29, 1.82) is 0 Å². The number of carbonyl (C=O) groups is 2. The predicted octanol–water partition coefficient (Wildman–Crippen LogP) is 2.59. The fourth-order valence-corrected chi connectivity index (χ4v) is 3.01. The normalized spacial score (nSPS) is 10.8. The molecule has 0 bridgehead atoms. The van der Waals surface area contributed by atoms with Gasteiger partial charge in [-0.1, -0.05) is 47.7 Å². The SMILES string of the molecule is O=C(/C=C/c1cn(Cc2ccccc2)nn1)NNC(=O)c1ccccc1-n1cccc1.